The van der Waals surface area contributed by atoms with Crippen LogP contribution in [0.25, 0.3) is 0 Å². The second kappa shape index (κ2) is 6.47. The van der Waals surface area contributed by atoms with E-state index in [1.807, 2.05) is 30.3 Å². The number of aryl methyl sites for hydroxylation is 1. The van der Waals surface area contributed by atoms with Gasteiger partial charge >= 0.3 is 6.18 Å². The van der Waals surface area contributed by atoms with E-state index in [1.54, 1.807) is 0 Å². The van der Waals surface area contributed by atoms with Crippen molar-refractivity contribution < 1.29 is 18.0 Å². The van der Waals surface area contributed by atoms with Gasteiger partial charge in [-0.25, -0.2) is 0 Å². The minimum Gasteiger partial charge on any atom is -0.329 e. The van der Waals surface area contributed by atoms with Crippen molar-refractivity contribution in [1.82, 2.24) is 4.90 Å². The number of amides is 1. The van der Waals surface area contributed by atoms with Gasteiger partial charge in [-0.3, -0.25) is 4.79 Å². The van der Waals surface area contributed by atoms with Crippen LogP contribution in [0.3, 0.4) is 0 Å². The van der Waals surface area contributed by atoms with Crippen molar-refractivity contribution >= 4 is 5.91 Å². The Labute approximate surface area is 121 Å². The molecule has 0 aliphatic carbocycles. The molecule has 0 radical (unpaired) electrons. The predicted molar refractivity (Wildman–Crippen MR) is 73.5 cm³/mol. The molecule has 1 saturated heterocycles. The Morgan fingerprint density at radius 1 is 1.24 bits per heavy atom. The van der Waals surface area contributed by atoms with Gasteiger partial charge in [0.1, 0.15) is 6.04 Å². The van der Waals surface area contributed by atoms with E-state index in [0.717, 1.165) is 10.5 Å². The average molecular weight is 300 g/mol. The summed E-state index contributed by atoms with van der Waals surface area (Å²) in [4.78, 5) is 13.1. The van der Waals surface area contributed by atoms with E-state index in [4.69, 9.17) is 5.73 Å². The summed E-state index contributed by atoms with van der Waals surface area (Å²) in [5.41, 5.74) is 6.65. The first-order valence-electron chi connectivity index (χ1n) is 7.03. The first-order chi connectivity index (χ1) is 9.88. The van der Waals surface area contributed by atoms with Crippen molar-refractivity contribution in [3.8, 4) is 0 Å². The number of hydrogen-bond donors (Lipinski definition) is 1. The number of rotatable bonds is 3. The van der Waals surface area contributed by atoms with E-state index >= 15 is 0 Å². The summed E-state index contributed by atoms with van der Waals surface area (Å²) in [6, 6.07) is 7.19. The Bertz CT molecular complexity index is 476. The van der Waals surface area contributed by atoms with Crippen LogP contribution in [-0.2, 0) is 11.2 Å². The first-order valence-corrected chi connectivity index (χ1v) is 7.03. The molecule has 0 aromatic heterocycles. The lowest BCUT2D eigenvalue weighted by Gasteiger charge is -2.39. The molecule has 3 nitrogen and oxygen atoms in total. The summed E-state index contributed by atoms with van der Waals surface area (Å²) >= 11 is 0. The molecule has 0 bridgehead atoms. The molecule has 1 amide bonds. The van der Waals surface area contributed by atoms with Gasteiger partial charge in [0.05, 0.1) is 0 Å². The number of nitrogens with zero attached hydrogens (tertiary/aromatic N) is 1. The van der Waals surface area contributed by atoms with Crippen molar-refractivity contribution in [2.75, 3.05) is 6.54 Å². The topological polar surface area (TPSA) is 46.3 Å². The molecule has 21 heavy (non-hydrogen) atoms. The zero-order chi connectivity index (χ0) is 15.5. The lowest BCUT2D eigenvalue weighted by Crippen LogP contribution is -2.56. The Balaban J connectivity index is 2.00. The third kappa shape index (κ3) is 4.20. The SMILES string of the molecule is NC1CCC(C(F)(F)F)N(C(=O)CCc2ccccc2)C1. The highest BCUT2D eigenvalue weighted by Gasteiger charge is 2.47. The molecule has 1 aliphatic heterocycles. The van der Waals surface area contributed by atoms with Gasteiger partial charge in [0.2, 0.25) is 5.91 Å². The van der Waals surface area contributed by atoms with Crippen LogP contribution in [0.4, 0.5) is 13.2 Å². The molecule has 2 atom stereocenters. The van der Waals surface area contributed by atoms with Crippen LogP contribution >= 0.6 is 0 Å². The lowest BCUT2D eigenvalue weighted by molar-refractivity contribution is -0.196. The van der Waals surface area contributed by atoms with Gasteiger partial charge in [-0.05, 0) is 24.8 Å². The fraction of sp³-hybridized carbons (Fsp3) is 0.533. The number of hydrogen-bond acceptors (Lipinski definition) is 2. The number of carbonyl (C=O) groups excluding carboxylic acids is 1. The highest BCUT2D eigenvalue weighted by molar-refractivity contribution is 5.77. The Morgan fingerprint density at radius 3 is 2.52 bits per heavy atom. The third-order valence-electron chi connectivity index (χ3n) is 3.79. The van der Waals surface area contributed by atoms with Gasteiger partial charge in [-0.2, -0.15) is 13.2 Å². The molecular formula is C15H19F3N2O. The maximum absolute atomic E-state index is 13.0. The summed E-state index contributed by atoms with van der Waals surface area (Å²) in [5.74, 6) is -0.476. The van der Waals surface area contributed by atoms with Crippen molar-refractivity contribution in [3.05, 3.63) is 35.9 Å². The van der Waals surface area contributed by atoms with Gasteiger partial charge in [-0.1, -0.05) is 30.3 Å². The molecular weight excluding hydrogens is 281 g/mol. The average Bonchev–Trinajstić information content (AvgIpc) is 2.44. The Kier molecular flexibility index (Phi) is 4.88. The van der Waals surface area contributed by atoms with Gasteiger partial charge in [0.15, 0.2) is 0 Å². The molecule has 6 heteroatoms. The van der Waals surface area contributed by atoms with E-state index < -0.39 is 18.1 Å². The fourth-order valence-electron chi connectivity index (χ4n) is 2.65. The monoisotopic (exact) mass is 300 g/mol. The standard InChI is InChI=1S/C15H19F3N2O/c16-15(17,18)13-8-7-12(19)10-20(13)14(21)9-6-11-4-2-1-3-5-11/h1-5,12-13H,6-10,19H2. The minimum atomic E-state index is -4.39. The van der Waals surface area contributed by atoms with Gasteiger partial charge in [0.25, 0.3) is 0 Å². The summed E-state index contributed by atoms with van der Waals surface area (Å²) in [6.45, 7) is -0.0161. The molecule has 0 saturated carbocycles. The molecule has 1 aromatic rings. The Hall–Kier alpha value is -1.56. The number of nitrogens with two attached hydrogens (primary N) is 1. The Morgan fingerprint density at radius 2 is 1.90 bits per heavy atom. The molecule has 2 unspecified atom stereocenters. The number of carbonyl (C=O) groups is 1. The van der Waals surface area contributed by atoms with Crippen molar-refractivity contribution in [2.24, 2.45) is 5.73 Å². The largest absolute Gasteiger partial charge is 0.408 e. The van der Waals surface area contributed by atoms with Gasteiger partial charge in [0, 0.05) is 19.0 Å². The highest BCUT2D eigenvalue weighted by atomic mass is 19.4. The molecule has 116 valence electrons. The predicted octanol–water partition coefficient (Wildman–Crippen LogP) is 2.50. The van der Waals surface area contributed by atoms with Crippen molar-refractivity contribution in [1.29, 1.82) is 0 Å². The van der Waals surface area contributed by atoms with E-state index in [9.17, 15) is 18.0 Å². The van der Waals surface area contributed by atoms with E-state index in [0.29, 0.717) is 12.8 Å². The van der Waals surface area contributed by atoms with Gasteiger partial charge < -0.3 is 10.6 Å². The van der Waals surface area contributed by atoms with Crippen LogP contribution in [0.15, 0.2) is 30.3 Å². The van der Waals surface area contributed by atoms with Crippen LogP contribution in [0.2, 0.25) is 0 Å². The highest BCUT2D eigenvalue weighted by Crippen LogP contribution is 2.32. The smallest absolute Gasteiger partial charge is 0.329 e. The van der Waals surface area contributed by atoms with E-state index in [-0.39, 0.29) is 25.4 Å². The fourth-order valence-corrected chi connectivity index (χ4v) is 2.65. The van der Waals surface area contributed by atoms with Crippen molar-refractivity contribution in [2.45, 2.75) is 43.9 Å². The quantitative estimate of drug-likeness (QED) is 0.932. The maximum atomic E-state index is 13.0. The first kappa shape index (κ1) is 15.8. The third-order valence-corrected chi connectivity index (χ3v) is 3.79. The zero-order valence-corrected chi connectivity index (χ0v) is 11.6. The normalized spacial score (nSPS) is 23.1. The van der Waals surface area contributed by atoms with Crippen LogP contribution in [0.5, 0.6) is 0 Å². The molecule has 2 N–H and O–H groups in total. The minimum absolute atomic E-state index is 0.0161. The summed E-state index contributed by atoms with van der Waals surface area (Å²) < 4.78 is 39.0. The van der Waals surface area contributed by atoms with Gasteiger partial charge in [-0.15, -0.1) is 0 Å². The number of benzene rings is 1. The number of likely N-dealkylation sites (tertiary alicyclic amines) is 1. The van der Waals surface area contributed by atoms with Crippen LogP contribution in [-0.4, -0.2) is 35.6 Å². The number of alkyl halides is 3. The number of halogens is 3. The molecule has 2 rings (SSSR count). The molecule has 0 spiro atoms. The molecule has 1 aliphatic rings. The van der Waals surface area contributed by atoms with E-state index in [1.165, 1.54) is 0 Å². The maximum Gasteiger partial charge on any atom is 0.408 e. The van der Waals surface area contributed by atoms with Crippen molar-refractivity contribution in [3.63, 3.8) is 0 Å². The van der Waals surface area contributed by atoms with Crippen LogP contribution in [0.1, 0.15) is 24.8 Å². The summed E-state index contributed by atoms with van der Waals surface area (Å²) in [6.07, 6.45) is -3.68. The van der Waals surface area contributed by atoms with E-state index in [2.05, 4.69) is 0 Å². The zero-order valence-electron chi connectivity index (χ0n) is 11.6. The summed E-state index contributed by atoms with van der Waals surface area (Å²) in [7, 11) is 0. The molecule has 1 aromatic carbocycles. The van der Waals surface area contributed by atoms with Crippen LogP contribution in [0, 0.1) is 0 Å². The summed E-state index contributed by atoms with van der Waals surface area (Å²) in [5, 5.41) is 0. The molecule has 1 fully saturated rings. The second-order valence-electron chi connectivity index (χ2n) is 5.43. The van der Waals surface area contributed by atoms with Crippen LogP contribution < -0.4 is 5.73 Å². The number of piperidine rings is 1. The second-order valence-corrected chi connectivity index (χ2v) is 5.43. The lowest BCUT2D eigenvalue weighted by atomic mass is 9.97. The molecule has 1 heterocycles.